The van der Waals surface area contributed by atoms with Crippen LogP contribution < -0.4 is 0 Å². The highest BCUT2D eigenvalue weighted by Gasteiger charge is 2.18. The average Bonchev–Trinajstić information content (AvgIpc) is 2.55. The molecule has 0 unspecified atom stereocenters. The molecule has 1 saturated heterocycles. The van der Waals surface area contributed by atoms with Crippen molar-refractivity contribution in [2.45, 2.75) is 12.8 Å². The molecule has 1 aliphatic rings. The Bertz CT molecular complexity index is 230. The van der Waals surface area contributed by atoms with Crippen LogP contribution in [0.4, 0.5) is 0 Å². The third kappa shape index (κ3) is 3.47. The van der Waals surface area contributed by atoms with Crippen LogP contribution in [0.15, 0.2) is 9.52 Å². The van der Waals surface area contributed by atoms with Crippen LogP contribution in [0.25, 0.3) is 0 Å². The highest BCUT2D eigenvalue weighted by molar-refractivity contribution is 6.62. The summed E-state index contributed by atoms with van der Waals surface area (Å²) >= 11 is 16.3. The van der Waals surface area contributed by atoms with Gasteiger partial charge >= 0.3 is 0 Å². The monoisotopic (exact) mass is 241 g/mol. The fourth-order valence-electron chi connectivity index (χ4n) is 1.32. The third-order valence-electron chi connectivity index (χ3n) is 1.98. The minimum Gasteiger partial charge on any atom is -0.296 e. The molecule has 0 N–H and O–H groups in total. The van der Waals surface area contributed by atoms with E-state index in [2.05, 4.69) is 0 Å². The van der Waals surface area contributed by atoms with E-state index in [0.717, 1.165) is 25.9 Å². The lowest BCUT2D eigenvalue weighted by molar-refractivity contribution is -0.115. The number of halogens is 3. The summed E-state index contributed by atoms with van der Waals surface area (Å²) in [6, 6.07) is 0. The fourth-order valence-corrected chi connectivity index (χ4v) is 1.59. The zero-order valence-electron chi connectivity index (χ0n) is 7.02. The second-order valence-corrected chi connectivity index (χ2v) is 4.31. The smallest absolute Gasteiger partial charge is 0.190 e. The number of nitrogens with zero attached hydrogens (tertiary/aromatic N) is 1. The Kier molecular flexibility index (Phi) is 4.53. The van der Waals surface area contributed by atoms with Crippen molar-refractivity contribution in [2.24, 2.45) is 0 Å². The van der Waals surface area contributed by atoms with Crippen LogP contribution in [0.5, 0.6) is 0 Å². The van der Waals surface area contributed by atoms with Gasteiger partial charge in [-0.15, -0.1) is 0 Å². The lowest BCUT2D eigenvalue weighted by Crippen LogP contribution is -2.26. The van der Waals surface area contributed by atoms with Gasteiger partial charge in [0, 0.05) is 0 Å². The first-order valence-corrected chi connectivity index (χ1v) is 5.21. The number of hydrogen-bond acceptors (Lipinski definition) is 2. The van der Waals surface area contributed by atoms with Gasteiger partial charge in [-0.2, -0.15) is 0 Å². The van der Waals surface area contributed by atoms with Crippen LogP contribution in [-0.2, 0) is 4.79 Å². The molecule has 0 saturated carbocycles. The summed E-state index contributed by atoms with van der Waals surface area (Å²) in [5.74, 6) is -0.205. The summed E-state index contributed by atoms with van der Waals surface area (Å²) < 4.78 is -0.147. The maximum Gasteiger partial charge on any atom is 0.190 e. The topological polar surface area (TPSA) is 20.3 Å². The average molecular weight is 243 g/mol. The van der Waals surface area contributed by atoms with E-state index >= 15 is 0 Å². The van der Waals surface area contributed by atoms with Gasteiger partial charge in [0.15, 0.2) is 5.78 Å². The van der Waals surface area contributed by atoms with Gasteiger partial charge in [-0.25, -0.2) is 0 Å². The Morgan fingerprint density at radius 1 is 1.15 bits per heavy atom. The van der Waals surface area contributed by atoms with Gasteiger partial charge in [0.25, 0.3) is 0 Å². The normalized spacial score (nSPS) is 17.5. The van der Waals surface area contributed by atoms with Gasteiger partial charge in [0.05, 0.1) is 6.54 Å². The van der Waals surface area contributed by atoms with Gasteiger partial charge in [0.1, 0.15) is 9.52 Å². The molecular formula is C8H10Cl3NO. The molecule has 1 aliphatic heterocycles. The van der Waals surface area contributed by atoms with Gasteiger partial charge in [-0.3, -0.25) is 9.69 Å². The van der Waals surface area contributed by atoms with E-state index in [4.69, 9.17) is 34.8 Å². The number of carbonyl (C=O) groups is 1. The van der Waals surface area contributed by atoms with Crippen molar-refractivity contribution in [3.63, 3.8) is 0 Å². The van der Waals surface area contributed by atoms with Gasteiger partial charge in [0.2, 0.25) is 0 Å². The lowest BCUT2D eigenvalue weighted by Gasteiger charge is -2.12. The zero-order chi connectivity index (χ0) is 9.84. The number of hydrogen-bond donors (Lipinski definition) is 0. The lowest BCUT2D eigenvalue weighted by atomic mass is 10.3. The first-order valence-electron chi connectivity index (χ1n) is 4.07. The molecule has 0 spiro atoms. The summed E-state index contributed by atoms with van der Waals surface area (Å²) in [5, 5.41) is -0.0600. The molecule has 2 nitrogen and oxygen atoms in total. The summed E-state index contributed by atoms with van der Waals surface area (Å²) in [5.41, 5.74) is 0. The fraction of sp³-hybridized carbons (Fsp3) is 0.625. The number of likely N-dealkylation sites (tertiary alicyclic amines) is 1. The summed E-state index contributed by atoms with van der Waals surface area (Å²) in [4.78, 5) is 13.4. The molecule has 0 radical (unpaired) electrons. The predicted octanol–water partition coefficient (Wildman–Crippen LogP) is 2.54. The minimum atomic E-state index is -0.205. The molecule has 1 rings (SSSR count). The van der Waals surface area contributed by atoms with Crippen LogP contribution in [0.1, 0.15) is 12.8 Å². The zero-order valence-corrected chi connectivity index (χ0v) is 9.29. The molecule has 1 heterocycles. The summed E-state index contributed by atoms with van der Waals surface area (Å²) in [6.45, 7) is 2.23. The van der Waals surface area contributed by atoms with E-state index in [-0.39, 0.29) is 15.3 Å². The molecule has 0 bridgehead atoms. The molecular weight excluding hydrogens is 232 g/mol. The SMILES string of the molecule is O=C(CN1CCCC1)C(Cl)=C(Cl)Cl. The van der Waals surface area contributed by atoms with Gasteiger partial charge in [-0.05, 0) is 25.9 Å². The highest BCUT2D eigenvalue weighted by Crippen LogP contribution is 2.19. The first-order chi connectivity index (χ1) is 6.11. The van der Waals surface area contributed by atoms with E-state index in [1.165, 1.54) is 0 Å². The number of carbonyl (C=O) groups excluding carboxylic acids is 1. The van der Waals surface area contributed by atoms with Crippen molar-refractivity contribution in [1.29, 1.82) is 0 Å². The molecule has 1 fully saturated rings. The van der Waals surface area contributed by atoms with Crippen LogP contribution in [0.3, 0.4) is 0 Å². The summed E-state index contributed by atoms with van der Waals surface area (Å²) in [6.07, 6.45) is 2.28. The Balaban J connectivity index is 2.45. The standard InChI is InChI=1S/C8H10Cl3NO/c9-7(8(10)11)6(13)5-12-3-1-2-4-12/h1-5H2. The quantitative estimate of drug-likeness (QED) is 0.709. The molecule has 0 aromatic rings. The van der Waals surface area contributed by atoms with Gasteiger partial charge < -0.3 is 0 Å². The molecule has 13 heavy (non-hydrogen) atoms. The number of Topliss-reactive ketones (excluding diaryl/α,β-unsaturated/α-hetero) is 1. The molecule has 5 heteroatoms. The molecule has 0 aromatic carbocycles. The minimum absolute atomic E-state index is 0.0600. The van der Waals surface area contributed by atoms with Crippen molar-refractivity contribution in [2.75, 3.05) is 19.6 Å². The Morgan fingerprint density at radius 2 is 1.69 bits per heavy atom. The third-order valence-corrected chi connectivity index (χ3v) is 2.95. The molecule has 0 amide bonds. The van der Waals surface area contributed by atoms with Crippen LogP contribution >= 0.6 is 34.8 Å². The van der Waals surface area contributed by atoms with Crippen molar-refractivity contribution >= 4 is 40.6 Å². The number of ketones is 1. The number of rotatable bonds is 3. The molecule has 0 aliphatic carbocycles. The molecule has 0 aromatic heterocycles. The largest absolute Gasteiger partial charge is 0.296 e. The van der Waals surface area contributed by atoms with Gasteiger partial charge in [-0.1, -0.05) is 34.8 Å². The Labute approximate surface area is 92.4 Å². The Hall–Kier alpha value is 0.240. The van der Waals surface area contributed by atoms with Crippen LogP contribution in [0.2, 0.25) is 0 Å². The molecule has 74 valence electrons. The van der Waals surface area contributed by atoms with E-state index in [1.54, 1.807) is 0 Å². The second kappa shape index (κ2) is 5.20. The first kappa shape index (κ1) is 11.3. The van der Waals surface area contributed by atoms with E-state index in [9.17, 15) is 4.79 Å². The van der Waals surface area contributed by atoms with Crippen molar-refractivity contribution in [3.05, 3.63) is 9.52 Å². The van der Waals surface area contributed by atoms with E-state index in [0.29, 0.717) is 6.54 Å². The predicted molar refractivity (Wildman–Crippen MR) is 55.3 cm³/mol. The highest BCUT2D eigenvalue weighted by atomic mass is 35.5. The molecule has 0 atom stereocenters. The Morgan fingerprint density at radius 3 is 2.15 bits per heavy atom. The summed E-state index contributed by atoms with van der Waals surface area (Å²) in [7, 11) is 0. The van der Waals surface area contributed by atoms with Crippen molar-refractivity contribution in [1.82, 2.24) is 4.90 Å². The second-order valence-electron chi connectivity index (χ2n) is 2.98. The van der Waals surface area contributed by atoms with Crippen molar-refractivity contribution < 1.29 is 4.79 Å². The van der Waals surface area contributed by atoms with E-state index in [1.807, 2.05) is 4.90 Å². The van der Waals surface area contributed by atoms with Crippen molar-refractivity contribution in [3.8, 4) is 0 Å². The van der Waals surface area contributed by atoms with E-state index < -0.39 is 0 Å². The maximum absolute atomic E-state index is 11.3. The maximum atomic E-state index is 11.3. The van der Waals surface area contributed by atoms with Crippen LogP contribution in [-0.4, -0.2) is 30.3 Å². The van der Waals surface area contributed by atoms with Crippen LogP contribution in [0, 0.1) is 0 Å².